The van der Waals surface area contributed by atoms with Crippen LogP contribution in [-0.4, -0.2) is 35.3 Å². The minimum absolute atomic E-state index is 0.0708. The van der Waals surface area contributed by atoms with Gasteiger partial charge in [0.2, 0.25) is 0 Å². The van der Waals surface area contributed by atoms with Gasteiger partial charge >= 0.3 is 0 Å². The highest BCUT2D eigenvalue weighted by molar-refractivity contribution is 5.96. The number of aliphatic hydroxyl groups is 1. The zero-order valence-corrected chi connectivity index (χ0v) is 15.4. The van der Waals surface area contributed by atoms with Crippen molar-refractivity contribution in [3.8, 4) is 5.75 Å². The Hall–Kier alpha value is -2.60. The lowest BCUT2D eigenvalue weighted by atomic mass is 10.1. The Morgan fingerprint density at radius 2 is 1.89 bits per heavy atom. The molecule has 1 amide bonds. The molecule has 0 radical (unpaired) electrons. The number of carbonyl (C=O) groups is 1. The first-order valence-corrected chi connectivity index (χ1v) is 9.29. The van der Waals surface area contributed by atoms with E-state index in [4.69, 9.17) is 0 Å². The predicted octanol–water partition coefficient (Wildman–Crippen LogP) is 2.98. The van der Waals surface area contributed by atoms with E-state index >= 15 is 0 Å². The number of benzene rings is 2. The van der Waals surface area contributed by atoms with Gasteiger partial charge in [0.1, 0.15) is 11.6 Å². The molecule has 0 saturated carbocycles. The lowest BCUT2D eigenvalue weighted by Gasteiger charge is -2.31. The van der Waals surface area contributed by atoms with Crippen LogP contribution in [0.5, 0.6) is 5.75 Å². The normalized spacial score (nSPS) is 15.0. The Morgan fingerprint density at radius 1 is 1.19 bits per heavy atom. The molecule has 3 rings (SSSR count). The van der Waals surface area contributed by atoms with Crippen molar-refractivity contribution >= 4 is 11.6 Å². The highest BCUT2D eigenvalue weighted by Gasteiger charge is 2.20. The molecule has 3 N–H and O–H groups in total. The number of anilines is 1. The van der Waals surface area contributed by atoms with Gasteiger partial charge in [-0.2, -0.15) is 0 Å². The van der Waals surface area contributed by atoms with Gasteiger partial charge in [-0.15, -0.1) is 0 Å². The van der Waals surface area contributed by atoms with E-state index in [9.17, 15) is 19.4 Å². The van der Waals surface area contributed by atoms with Crippen LogP contribution in [0.4, 0.5) is 10.1 Å². The Morgan fingerprint density at radius 3 is 2.56 bits per heavy atom. The quantitative estimate of drug-likeness (QED) is 0.755. The molecule has 27 heavy (non-hydrogen) atoms. The Kier molecular flexibility index (Phi) is 5.96. The summed E-state index contributed by atoms with van der Waals surface area (Å²) >= 11 is 0. The van der Waals surface area contributed by atoms with Crippen LogP contribution in [-0.2, 0) is 13.0 Å². The fourth-order valence-corrected chi connectivity index (χ4v) is 3.29. The molecule has 1 saturated heterocycles. The number of hydrogen-bond donors (Lipinski definition) is 3. The molecule has 6 heteroatoms. The summed E-state index contributed by atoms with van der Waals surface area (Å²) in [5.74, 6) is -0.801. The summed E-state index contributed by atoms with van der Waals surface area (Å²) in [7, 11) is 0. The number of rotatable bonds is 5. The molecular formula is C21H25FN2O3. The van der Waals surface area contributed by atoms with E-state index in [0.717, 1.165) is 12.0 Å². The lowest BCUT2D eigenvalue weighted by molar-refractivity contribution is 0.0948. The van der Waals surface area contributed by atoms with E-state index in [1.165, 1.54) is 12.1 Å². The van der Waals surface area contributed by atoms with Crippen LogP contribution >= 0.6 is 0 Å². The zero-order valence-electron chi connectivity index (χ0n) is 15.4. The van der Waals surface area contributed by atoms with Crippen LogP contribution in [0.15, 0.2) is 36.4 Å². The molecule has 0 spiro atoms. The van der Waals surface area contributed by atoms with Crippen LogP contribution in [0.2, 0.25) is 0 Å². The summed E-state index contributed by atoms with van der Waals surface area (Å²) in [6, 6.07) is 9.87. The maximum Gasteiger partial charge on any atom is 0.255 e. The second kappa shape index (κ2) is 8.39. The molecule has 1 fully saturated rings. The Balaban J connectivity index is 1.65. The monoisotopic (exact) mass is 372 g/mol. The van der Waals surface area contributed by atoms with Crippen molar-refractivity contribution in [3.63, 3.8) is 0 Å². The third-order valence-corrected chi connectivity index (χ3v) is 4.98. The number of amides is 1. The molecule has 0 atom stereocenters. The van der Waals surface area contributed by atoms with Crippen molar-refractivity contribution in [2.75, 3.05) is 18.0 Å². The fraction of sp³-hybridized carbons (Fsp3) is 0.381. The van der Waals surface area contributed by atoms with Crippen molar-refractivity contribution in [3.05, 3.63) is 58.9 Å². The topological polar surface area (TPSA) is 72.8 Å². The van der Waals surface area contributed by atoms with Gasteiger partial charge in [-0.1, -0.05) is 19.1 Å². The van der Waals surface area contributed by atoms with Crippen molar-refractivity contribution in [2.24, 2.45) is 0 Å². The Bertz CT molecular complexity index is 817. The largest absolute Gasteiger partial charge is 0.507 e. The Labute approximate surface area is 158 Å². The average Bonchev–Trinajstić information content (AvgIpc) is 2.67. The summed E-state index contributed by atoms with van der Waals surface area (Å²) in [4.78, 5) is 14.3. The number of carbonyl (C=O) groups excluding carboxylic acids is 1. The number of nitrogens with one attached hydrogen (secondary N) is 1. The number of halogens is 1. The summed E-state index contributed by atoms with van der Waals surface area (Å²) in [6.45, 7) is 3.40. The van der Waals surface area contributed by atoms with Gasteiger partial charge in [0, 0.05) is 19.6 Å². The molecule has 144 valence electrons. The minimum atomic E-state index is -0.391. The zero-order chi connectivity index (χ0) is 19.4. The number of phenols is 1. The molecular weight excluding hydrogens is 347 g/mol. The van der Waals surface area contributed by atoms with Gasteiger partial charge in [0.25, 0.3) is 5.91 Å². The summed E-state index contributed by atoms with van der Waals surface area (Å²) in [5.41, 5.74) is 2.34. The first-order chi connectivity index (χ1) is 13.0. The number of aryl methyl sites for hydroxylation is 1. The third kappa shape index (κ3) is 4.57. The van der Waals surface area contributed by atoms with Gasteiger partial charge in [0.05, 0.1) is 17.4 Å². The molecule has 0 bridgehead atoms. The molecule has 1 aliphatic heterocycles. The number of piperidine rings is 1. The molecule has 0 aromatic heterocycles. The molecule has 5 nitrogen and oxygen atoms in total. The van der Waals surface area contributed by atoms with Gasteiger partial charge in [-0.25, -0.2) is 4.39 Å². The van der Waals surface area contributed by atoms with E-state index in [1.807, 2.05) is 11.8 Å². The van der Waals surface area contributed by atoms with Gasteiger partial charge in [-0.3, -0.25) is 4.79 Å². The highest BCUT2D eigenvalue weighted by Crippen LogP contribution is 2.24. The standard InChI is InChI=1S/C21H25FN2O3/c1-2-14-4-6-20(26)17(11-14)21(27)23-13-15-3-5-19(18(22)12-15)24-9-7-16(25)8-10-24/h3-6,11-12,16,25-26H,2,7-10,13H2,1H3,(H,23,27). The first-order valence-electron chi connectivity index (χ1n) is 9.29. The van der Waals surface area contributed by atoms with E-state index in [0.29, 0.717) is 37.2 Å². The van der Waals surface area contributed by atoms with E-state index in [-0.39, 0.29) is 29.8 Å². The van der Waals surface area contributed by atoms with Crippen LogP contribution < -0.4 is 10.2 Å². The second-order valence-electron chi connectivity index (χ2n) is 6.89. The van der Waals surface area contributed by atoms with Crippen molar-refractivity contribution in [1.29, 1.82) is 0 Å². The molecule has 2 aromatic carbocycles. The SMILES string of the molecule is CCc1ccc(O)c(C(=O)NCc2ccc(N3CCC(O)CC3)c(F)c2)c1. The van der Waals surface area contributed by atoms with E-state index in [2.05, 4.69) is 5.32 Å². The smallest absolute Gasteiger partial charge is 0.255 e. The number of aliphatic hydroxyl groups excluding tert-OH is 1. The maximum atomic E-state index is 14.5. The first kappa shape index (κ1) is 19.2. The van der Waals surface area contributed by atoms with E-state index in [1.54, 1.807) is 24.3 Å². The molecule has 0 unspecified atom stereocenters. The average molecular weight is 372 g/mol. The van der Waals surface area contributed by atoms with Crippen LogP contribution in [0, 0.1) is 5.82 Å². The van der Waals surface area contributed by atoms with Crippen LogP contribution in [0.1, 0.15) is 41.3 Å². The number of hydrogen-bond acceptors (Lipinski definition) is 4. The summed E-state index contributed by atoms with van der Waals surface area (Å²) in [6.07, 6.45) is 1.73. The lowest BCUT2D eigenvalue weighted by Crippen LogP contribution is -2.36. The maximum absolute atomic E-state index is 14.5. The number of phenolic OH excluding ortho intramolecular Hbond substituents is 1. The number of nitrogens with zero attached hydrogens (tertiary/aromatic N) is 1. The van der Waals surface area contributed by atoms with Gasteiger partial charge in [0.15, 0.2) is 0 Å². The second-order valence-corrected chi connectivity index (χ2v) is 6.89. The molecule has 2 aromatic rings. The van der Waals surface area contributed by atoms with E-state index < -0.39 is 5.91 Å². The van der Waals surface area contributed by atoms with Crippen molar-refractivity contribution in [2.45, 2.75) is 38.8 Å². The van der Waals surface area contributed by atoms with Crippen molar-refractivity contribution < 1.29 is 19.4 Å². The summed E-state index contributed by atoms with van der Waals surface area (Å²) < 4.78 is 14.5. The third-order valence-electron chi connectivity index (χ3n) is 4.98. The molecule has 0 aliphatic carbocycles. The fourth-order valence-electron chi connectivity index (χ4n) is 3.29. The van der Waals surface area contributed by atoms with Crippen LogP contribution in [0.3, 0.4) is 0 Å². The van der Waals surface area contributed by atoms with Gasteiger partial charge < -0.3 is 20.4 Å². The number of aromatic hydroxyl groups is 1. The van der Waals surface area contributed by atoms with Crippen molar-refractivity contribution in [1.82, 2.24) is 5.32 Å². The summed E-state index contributed by atoms with van der Waals surface area (Å²) in [5, 5.41) is 22.2. The van der Waals surface area contributed by atoms with Crippen LogP contribution in [0.25, 0.3) is 0 Å². The highest BCUT2D eigenvalue weighted by atomic mass is 19.1. The predicted molar refractivity (Wildman–Crippen MR) is 103 cm³/mol. The van der Waals surface area contributed by atoms with Gasteiger partial charge in [-0.05, 0) is 54.7 Å². The minimum Gasteiger partial charge on any atom is -0.507 e. The molecule has 1 aliphatic rings. The molecule has 1 heterocycles.